The number of methoxy groups -OCH3 is 1. The summed E-state index contributed by atoms with van der Waals surface area (Å²) >= 11 is 0. The SMILES string of the molecule is COC(=O)[C@]1(C)CCC[C@@]2(C)[C@@]3(O)[C@@H]([C@@H](OC(C)=O)[C@@]21O)[C@H](c1ccoc1)OC(=O)[C@@H]3C. The number of rotatable bonds is 3. The molecule has 4 rings (SSSR count). The van der Waals surface area contributed by atoms with E-state index in [4.69, 9.17) is 18.6 Å². The number of furan rings is 1. The average Bonchev–Trinajstić information content (AvgIpc) is 3.32. The third-order valence-electron chi connectivity index (χ3n) is 8.55. The first-order chi connectivity index (χ1) is 14.9. The predicted octanol–water partition coefficient (Wildman–Crippen LogP) is 1.91. The monoisotopic (exact) mass is 450 g/mol. The fourth-order valence-corrected chi connectivity index (χ4v) is 6.95. The molecule has 2 saturated carbocycles. The van der Waals surface area contributed by atoms with Crippen LogP contribution in [0.5, 0.6) is 0 Å². The topological polar surface area (TPSA) is 133 Å². The number of carbonyl (C=O) groups is 3. The van der Waals surface area contributed by atoms with Crippen molar-refractivity contribution in [3.63, 3.8) is 0 Å². The molecular weight excluding hydrogens is 420 g/mol. The van der Waals surface area contributed by atoms with Crippen LogP contribution in [0.4, 0.5) is 0 Å². The molecule has 32 heavy (non-hydrogen) atoms. The summed E-state index contributed by atoms with van der Waals surface area (Å²) in [4.78, 5) is 38.2. The van der Waals surface area contributed by atoms with Crippen molar-refractivity contribution in [2.24, 2.45) is 22.7 Å². The van der Waals surface area contributed by atoms with Crippen LogP contribution < -0.4 is 0 Å². The second-order valence-electron chi connectivity index (χ2n) is 9.79. The Hall–Kier alpha value is -2.39. The molecule has 0 amide bonds. The summed E-state index contributed by atoms with van der Waals surface area (Å²) in [5, 5.41) is 24.9. The fourth-order valence-electron chi connectivity index (χ4n) is 6.95. The lowest BCUT2D eigenvalue weighted by Gasteiger charge is -2.58. The molecule has 2 heterocycles. The summed E-state index contributed by atoms with van der Waals surface area (Å²) in [6, 6.07) is 1.59. The first-order valence-corrected chi connectivity index (χ1v) is 10.8. The summed E-state index contributed by atoms with van der Waals surface area (Å²) < 4.78 is 21.7. The van der Waals surface area contributed by atoms with E-state index >= 15 is 0 Å². The second-order valence-corrected chi connectivity index (χ2v) is 9.79. The van der Waals surface area contributed by atoms with E-state index in [-0.39, 0.29) is 6.42 Å². The van der Waals surface area contributed by atoms with Crippen LogP contribution in [0, 0.1) is 22.7 Å². The summed E-state index contributed by atoms with van der Waals surface area (Å²) in [6.45, 7) is 5.95. The molecule has 0 unspecified atom stereocenters. The zero-order valence-electron chi connectivity index (χ0n) is 18.9. The third-order valence-corrected chi connectivity index (χ3v) is 8.55. The van der Waals surface area contributed by atoms with E-state index in [0.29, 0.717) is 18.4 Å². The molecule has 1 aromatic heterocycles. The van der Waals surface area contributed by atoms with Gasteiger partial charge >= 0.3 is 17.9 Å². The summed E-state index contributed by atoms with van der Waals surface area (Å²) in [5.74, 6) is -4.11. The van der Waals surface area contributed by atoms with Gasteiger partial charge in [0, 0.05) is 17.9 Å². The third kappa shape index (κ3) is 2.43. The highest BCUT2D eigenvalue weighted by Crippen LogP contribution is 2.73. The largest absolute Gasteiger partial charge is 0.472 e. The molecule has 1 aromatic rings. The molecule has 0 radical (unpaired) electrons. The molecule has 1 saturated heterocycles. The molecule has 0 aromatic carbocycles. The van der Waals surface area contributed by atoms with Crippen molar-refractivity contribution in [3.8, 4) is 0 Å². The Kier molecular flexibility index (Phi) is 5.02. The second kappa shape index (κ2) is 7.05. The van der Waals surface area contributed by atoms with E-state index in [1.807, 2.05) is 0 Å². The minimum atomic E-state index is -2.04. The van der Waals surface area contributed by atoms with Gasteiger partial charge in [-0.15, -0.1) is 0 Å². The quantitative estimate of drug-likeness (QED) is 0.523. The van der Waals surface area contributed by atoms with Crippen molar-refractivity contribution < 1.29 is 43.2 Å². The molecule has 8 atom stereocenters. The number of carbonyl (C=O) groups excluding carboxylic acids is 3. The molecule has 3 fully saturated rings. The fraction of sp³-hybridized carbons (Fsp3) is 0.696. The lowest BCUT2D eigenvalue weighted by molar-refractivity contribution is -0.258. The normalized spacial score (nSPS) is 45.4. The van der Waals surface area contributed by atoms with Gasteiger partial charge in [0.2, 0.25) is 0 Å². The van der Waals surface area contributed by atoms with Crippen molar-refractivity contribution in [1.82, 2.24) is 0 Å². The Labute approximate surface area is 186 Å². The van der Waals surface area contributed by atoms with E-state index < -0.39 is 64.0 Å². The van der Waals surface area contributed by atoms with Gasteiger partial charge in [-0.1, -0.05) is 13.3 Å². The lowest BCUT2D eigenvalue weighted by Crippen LogP contribution is -2.70. The number of ether oxygens (including phenoxy) is 3. The summed E-state index contributed by atoms with van der Waals surface area (Å²) in [7, 11) is 1.23. The molecule has 9 heteroatoms. The molecule has 0 spiro atoms. The molecular formula is C23H30O9. The van der Waals surface area contributed by atoms with Crippen LogP contribution >= 0.6 is 0 Å². The number of fused-ring (bicyclic) bond motifs is 3. The zero-order valence-corrected chi connectivity index (χ0v) is 18.9. The highest BCUT2D eigenvalue weighted by atomic mass is 16.6. The van der Waals surface area contributed by atoms with Crippen molar-refractivity contribution in [3.05, 3.63) is 24.2 Å². The van der Waals surface area contributed by atoms with Crippen LogP contribution in [0.25, 0.3) is 0 Å². The lowest BCUT2D eigenvalue weighted by atomic mass is 9.49. The summed E-state index contributed by atoms with van der Waals surface area (Å²) in [5.41, 5.74) is -6.34. The van der Waals surface area contributed by atoms with Gasteiger partial charge in [-0.3, -0.25) is 14.4 Å². The molecule has 3 aliphatic rings. The van der Waals surface area contributed by atoms with Gasteiger partial charge in [-0.05, 0) is 32.8 Å². The number of aliphatic hydroxyl groups is 2. The van der Waals surface area contributed by atoms with E-state index in [1.165, 1.54) is 33.5 Å². The first kappa shape index (κ1) is 22.8. The number of esters is 3. The number of cyclic esters (lactones) is 1. The Morgan fingerprint density at radius 2 is 1.91 bits per heavy atom. The molecule has 176 valence electrons. The Bertz CT molecular complexity index is 941. The Balaban J connectivity index is 2.03. The van der Waals surface area contributed by atoms with Crippen LogP contribution in [-0.4, -0.2) is 52.5 Å². The van der Waals surface area contributed by atoms with Gasteiger partial charge in [0.25, 0.3) is 0 Å². The van der Waals surface area contributed by atoms with E-state index in [2.05, 4.69) is 0 Å². The van der Waals surface area contributed by atoms with Crippen LogP contribution in [0.3, 0.4) is 0 Å². The van der Waals surface area contributed by atoms with Crippen molar-refractivity contribution in [2.75, 3.05) is 7.11 Å². The smallest absolute Gasteiger partial charge is 0.314 e. The molecule has 2 aliphatic carbocycles. The number of hydrogen-bond acceptors (Lipinski definition) is 9. The van der Waals surface area contributed by atoms with Gasteiger partial charge in [0.1, 0.15) is 17.8 Å². The molecule has 9 nitrogen and oxygen atoms in total. The van der Waals surface area contributed by atoms with Crippen molar-refractivity contribution >= 4 is 17.9 Å². The highest BCUT2D eigenvalue weighted by molar-refractivity contribution is 5.81. The minimum Gasteiger partial charge on any atom is -0.472 e. The average molecular weight is 450 g/mol. The maximum atomic E-state index is 13.1. The Morgan fingerprint density at radius 3 is 2.47 bits per heavy atom. The summed E-state index contributed by atoms with van der Waals surface area (Å²) in [6.07, 6.45) is 1.42. The first-order valence-electron chi connectivity index (χ1n) is 10.8. The zero-order chi connectivity index (χ0) is 23.7. The van der Waals surface area contributed by atoms with Crippen molar-refractivity contribution in [2.45, 2.75) is 70.4 Å². The van der Waals surface area contributed by atoms with Crippen LogP contribution in [-0.2, 0) is 28.6 Å². The van der Waals surface area contributed by atoms with Crippen LogP contribution in [0.15, 0.2) is 23.0 Å². The van der Waals surface area contributed by atoms with E-state index in [1.54, 1.807) is 19.9 Å². The van der Waals surface area contributed by atoms with Crippen molar-refractivity contribution in [1.29, 1.82) is 0 Å². The van der Waals surface area contributed by atoms with E-state index in [9.17, 15) is 24.6 Å². The van der Waals surface area contributed by atoms with Gasteiger partial charge < -0.3 is 28.8 Å². The van der Waals surface area contributed by atoms with E-state index in [0.717, 1.165) is 0 Å². The standard InChI is InChI=1S/C23H30O9/c1-12-18(25)32-16(14-7-10-30-11-14)15-17(31-13(2)24)23(28)20(3,19(26)29-5)8-6-9-21(23,4)22(12,15)27/h7,10-12,15-17,27-28H,6,8-9H2,1-5H3/t12-,15+,16-,17+,20-,21-,22-,23-/m0/s1. The Morgan fingerprint density at radius 1 is 1.22 bits per heavy atom. The van der Waals surface area contributed by atoms with Gasteiger partial charge in [0.15, 0.2) is 0 Å². The van der Waals surface area contributed by atoms with Crippen LogP contribution in [0.1, 0.15) is 58.6 Å². The molecule has 2 N–H and O–H groups in total. The minimum absolute atomic E-state index is 0.256. The van der Waals surface area contributed by atoms with Gasteiger partial charge in [-0.2, -0.15) is 0 Å². The maximum absolute atomic E-state index is 13.1. The number of hydrogen-bond donors (Lipinski definition) is 2. The van der Waals surface area contributed by atoms with Crippen LogP contribution in [0.2, 0.25) is 0 Å². The molecule has 0 bridgehead atoms. The van der Waals surface area contributed by atoms with Gasteiger partial charge in [-0.25, -0.2) is 0 Å². The molecule has 1 aliphatic heterocycles. The predicted molar refractivity (Wildman–Crippen MR) is 108 cm³/mol. The van der Waals surface area contributed by atoms with Gasteiger partial charge in [0.05, 0.1) is 42.5 Å². The maximum Gasteiger partial charge on any atom is 0.314 e. The highest BCUT2D eigenvalue weighted by Gasteiger charge is 2.85.